The number of amides is 1. The third kappa shape index (κ3) is 3.74. The Balaban J connectivity index is 1.97. The fourth-order valence-corrected chi connectivity index (χ4v) is 5.22. The SMILES string of the molecule is COc1cccc(S(=O)(=O)c2c(C(=O)N3CCOCC3)cnc3ccc(Cl)cc23)c1. The first-order chi connectivity index (χ1) is 14.4. The van der Waals surface area contributed by atoms with Gasteiger partial charge in [0.1, 0.15) is 5.75 Å². The predicted molar refractivity (Wildman–Crippen MR) is 112 cm³/mol. The van der Waals surface area contributed by atoms with E-state index in [1.165, 1.54) is 31.5 Å². The molecule has 0 atom stereocenters. The zero-order chi connectivity index (χ0) is 21.3. The summed E-state index contributed by atoms with van der Waals surface area (Å²) >= 11 is 6.16. The number of morpholine rings is 1. The van der Waals surface area contributed by atoms with Crippen molar-refractivity contribution < 1.29 is 22.7 Å². The van der Waals surface area contributed by atoms with E-state index in [2.05, 4.69) is 4.98 Å². The monoisotopic (exact) mass is 446 g/mol. The number of carbonyl (C=O) groups excluding carboxylic acids is 1. The molecule has 1 fully saturated rings. The molecule has 3 aromatic rings. The van der Waals surface area contributed by atoms with E-state index in [1.807, 2.05) is 0 Å². The summed E-state index contributed by atoms with van der Waals surface area (Å²) in [5.74, 6) is -0.0114. The number of hydrogen-bond donors (Lipinski definition) is 0. The number of pyridine rings is 1. The highest BCUT2D eigenvalue weighted by molar-refractivity contribution is 7.91. The molecule has 0 unspecified atom stereocenters. The number of hydrogen-bond acceptors (Lipinski definition) is 6. The second kappa shape index (κ2) is 8.22. The Morgan fingerprint density at radius 2 is 1.93 bits per heavy atom. The molecule has 1 aromatic heterocycles. The average Bonchev–Trinajstić information content (AvgIpc) is 2.78. The van der Waals surface area contributed by atoms with Crippen LogP contribution in [0.25, 0.3) is 10.9 Å². The zero-order valence-electron chi connectivity index (χ0n) is 16.2. The molecular weight excluding hydrogens is 428 g/mol. The molecule has 1 amide bonds. The maximum atomic E-state index is 13.7. The van der Waals surface area contributed by atoms with Crippen LogP contribution in [0.4, 0.5) is 0 Å². The second-order valence-corrected chi connectivity index (χ2v) is 9.07. The molecular formula is C21H19ClN2O5S. The van der Waals surface area contributed by atoms with Gasteiger partial charge in [-0.1, -0.05) is 17.7 Å². The van der Waals surface area contributed by atoms with Crippen molar-refractivity contribution in [3.05, 3.63) is 59.2 Å². The van der Waals surface area contributed by atoms with Gasteiger partial charge >= 0.3 is 0 Å². The summed E-state index contributed by atoms with van der Waals surface area (Å²) in [5.41, 5.74) is 0.439. The Kier molecular flexibility index (Phi) is 5.64. The number of aromatic nitrogens is 1. The first kappa shape index (κ1) is 20.6. The number of ether oxygens (including phenoxy) is 2. The molecule has 2 aromatic carbocycles. The van der Waals surface area contributed by atoms with Crippen molar-refractivity contribution in [3.63, 3.8) is 0 Å². The molecule has 9 heteroatoms. The van der Waals surface area contributed by atoms with Gasteiger partial charge in [-0.2, -0.15) is 0 Å². The number of nitrogens with zero attached hydrogens (tertiary/aromatic N) is 2. The van der Waals surface area contributed by atoms with E-state index in [-0.39, 0.29) is 15.4 Å². The lowest BCUT2D eigenvalue weighted by Gasteiger charge is -2.27. The molecule has 30 heavy (non-hydrogen) atoms. The van der Waals surface area contributed by atoms with Crippen LogP contribution in [0.1, 0.15) is 10.4 Å². The minimum Gasteiger partial charge on any atom is -0.497 e. The van der Waals surface area contributed by atoms with Crippen LogP contribution in [0.5, 0.6) is 5.75 Å². The van der Waals surface area contributed by atoms with Gasteiger partial charge in [0.25, 0.3) is 5.91 Å². The van der Waals surface area contributed by atoms with Crippen LogP contribution in [-0.2, 0) is 14.6 Å². The molecule has 0 radical (unpaired) electrons. The number of carbonyl (C=O) groups is 1. The minimum atomic E-state index is -4.09. The van der Waals surface area contributed by atoms with E-state index < -0.39 is 15.7 Å². The van der Waals surface area contributed by atoms with Gasteiger partial charge in [0, 0.05) is 29.7 Å². The van der Waals surface area contributed by atoms with Crippen LogP contribution in [0, 0.1) is 0 Å². The zero-order valence-corrected chi connectivity index (χ0v) is 17.7. The topological polar surface area (TPSA) is 85.8 Å². The number of fused-ring (bicyclic) bond motifs is 1. The molecule has 7 nitrogen and oxygen atoms in total. The summed E-state index contributed by atoms with van der Waals surface area (Å²) < 4.78 is 37.9. The lowest BCUT2D eigenvalue weighted by molar-refractivity contribution is 0.0300. The van der Waals surface area contributed by atoms with Gasteiger partial charge in [0.05, 0.1) is 41.2 Å². The Morgan fingerprint density at radius 1 is 1.17 bits per heavy atom. The number of methoxy groups -OCH3 is 1. The van der Waals surface area contributed by atoms with Gasteiger partial charge in [-0.3, -0.25) is 9.78 Å². The molecule has 0 bridgehead atoms. The summed E-state index contributed by atoms with van der Waals surface area (Å²) in [5, 5.41) is 0.645. The fourth-order valence-electron chi connectivity index (χ4n) is 3.41. The van der Waals surface area contributed by atoms with Crippen molar-refractivity contribution in [1.82, 2.24) is 9.88 Å². The Hall–Kier alpha value is -2.68. The largest absolute Gasteiger partial charge is 0.497 e. The van der Waals surface area contributed by atoms with Crippen LogP contribution in [-0.4, -0.2) is 57.6 Å². The summed E-state index contributed by atoms with van der Waals surface area (Å²) in [6.45, 7) is 1.56. The highest BCUT2D eigenvalue weighted by atomic mass is 35.5. The molecule has 1 aliphatic rings. The second-order valence-electron chi connectivity index (χ2n) is 6.75. The maximum absolute atomic E-state index is 13.7. The molecule has 1 saturated heterocycles. The van der Waals surface area contributed by atoms with Gasteiger partial charge in [0.15, 0.2) is 0 Å². The summed E-state index contributed by atoms with van der Waals surface area (Å²) in [6, 6.07) is 10.9. The smallest absolute Gasteiger partial charge is 0.256 e. The molecule has 0 aliphatic carbocycles. The molecule has 4 rings (SSSR count). The fraction of sp³-hybridized carbons (Fsp3) is 0.238. The quantitative estimate of drug-likeness (QED) is 0.611. The van der Waals surface area contributed by atoms with E-state index in [0.717, 1.165) is 0 Å². The van der Waals surface area contributed by atoms with Crippen LogP contribution in [0.15, 0.2) is 58.5 Å². The Morgan fingerprint density at radius 3 is 2.67 bits per heavy atom. The first-order valence-electron chi connectivity index (χ1n) is 9.26. The van der Waals surface area contributed by atoms with Gasteiger partial charge in [-0.15, -0.1) is 0 Å². The number of rotatable bonds is 4. The lowest BCUT2D eigenvalue weighted by atomic mass is 10.1. The number of benzene rings is 2. The van der Waals surface area contributed by atoms with Crippen LogP contribution in [0.2, 0.25) is 5.02 Å². The Bertz CT molecular complexity index is 1220. The van der Waals surface area contributed by atoms with Crippen LogP contribution < -0.4 is 4.74 Å². The number of sulfone groups is 1. The van der Waals surface area contributed by atoms with Crippen LogP contribution in [0.3, 0.4) is 0 Å². The van der Waals surface area contributed by atoms with Gasteiger partial charge in [0.2, 0.25) is 9.84 Å². The average molecular weight is 447 g/mol. The first-order valence-corrected chi connectivity index (χ1v) is 11.1. The molecule has 0 N–H and O–H groups in total. The lowest BCUT2D eigenvalue weighted by Crippen LogP contribution is -2.41. The van der Waals surface area contributed by atoms with Crippen molar-refractivity contribution in [2.75, 3.05) is 33.4 Å². The van der Waals surface area contributed by atoms with E-state index in [4.69, 9.17) is 21.1 Å². The van der Waals surface area contributed by atoms with E-state index in [1.54, 1.807) is 29.2 Å². The van der Waals surface area contributed by atoms with E-state index in [0.29, 0.717) is 48.0 Å². The van der Waals surface area contributed by atoms with Crippen molar-refractivity contribution in [3.8, 4) is 5.75 Å². The van der Waals surface area contributed by atoms with Crippen LogP contribution >= 0.6 is 11.6 Å². The highest BCUT2D eigenvalue weighted by Gasteiger charge is 2.31. The molecule has 2 heterocycles. The summed E-state index contributed by atoms with van der Waals surface area (Å²) in [6.07, 6.45) is 1.32. The van der Waals surface area contributed by atoms with Crippen molar-refractivity contribution in [2.45, 2.75) is 9.79 Å². The predicted octanol–water partition coefficient (Wildman–Crippen LogP) is 3.20. The van der Waals surface area contributed by atoms with Gasteiger partial charge in [-0.25, -0.2) is 8.42 Å². The molecule has 0 saturated carbocycles. The summed E-state index contributed by atoms with van der Waals surface area (Å²) in [4.78, 5) is 19.1. The van der Waals surface area contributed by atoms with Crippen molar-refractivity contribution >= 4 is 38.2 Å². The summed E-state index contributed by atoms with van der Waals surface area (Å²) in [7, 11) is -2.63. The molecule has 1 aliphatic heterocycles. The minimum absolute atomic E-state index is 0.00878. The number of halogens is 1. The standard InChI is InChI=1S/C21H19ClN2O5S/c1-28-15-3-2-4-16(12-15)30(26,27)20-17-11-14(22)5-6-19(17)23-13-18(20)21(25)24-7-9-29-10-8-24/h2-6,11-13H,7-10H2,1H3. The highest BCUT2D eigenvalue weighted by Crippen LogP contribution is 2.34. The van der Waals surface area contributed by atoms with E-state index in [9.17, 15) is 13.2 Å². The Labute approximate surface area is 179 Å². The van der Waals surface area contributed by atoms with Crippen molar-refractivity contribution in [1.29, 1.82) is 0 Å². The third-order valence-electron chi connectivity index (χ3n) is 4.93. The third-order valence-corrected chi connectivity index (χ3v) is 7.02. The van der Waals surface area contributed by atoms with E-state index >= 15 is 0 Å². The normalized spacial score (nSPS) is 14.7. The molecule has 156 valence electrons. The molecule has 0 spiro atoms. The van der Waals surface area contributed by atoms with Gasteiger partial charge < -0.3 is 14.4 Å². The van der Waals surface area contributed by atoms with Crippen molar-refractivity contribution in [2.24, 2.45) is 0 Å². The maximum Gasteiger partial charge on any atom is 0.256 e. The van der Waals surface area contributed by atoms with Gasteiger partial charge in [-0.05, 0) is 36.4 Å².